The Labute approximate surface area is 265 Å². The Morgan fingerprint density at radius 1 is 0.244 bits per heavy atom. The molecule has 0 radical (unpaired) electrons. The Kier molecular flexibility index (Phi) is 38.1. The second-order valence-electron chi connectivity index (χ2n) is 13.7. The molecule has 0 aliphatic rings. The first-order valence-corrected chi connectivity index (χ1v) is 19.6. The van der Waals surface area contributed by atoms with E-state index in [2.05, 4.69) is 27.7 Å². The van der Waals surface area contributed by atoms with Crippen molar-refractivity contribution in [1.82, 2.24) is 0 Å². The van der Waals surface area contributed by atoms with E-state index >= 15 is 0 Å². The van der Waals surface area contributed by atoms with Crippen LogP contribution in [-0.4, -0.2) is 39.1 Å². The average Bonchev–Trinajstić information content (AvgIpc) is 2.97. The van der Waals surface area contributed by atoms with E-state index in [1.165, 1.54) is 230 Å². The lowest BCUT2D eigenvalue weighted by molar-refractivity contribution is -0.927. The smallest absolute Gasteiger partial charge is 0.0814 e. The van der Waals surface area contributed by atoms with Gasteiger partial charge in [-0.15, -0.1) is 0 Å². The van der Waals surface area contributed by atoms with Gasteiger partial charge < -0.3 is 4.48 Å². The molecule has 0 aromatic heterocycles. The third-order valence-electron chi connectivity index (χ3n) is 9.88. The van der Waals surface area contributed by atoms with Gasteiger partial charge in [-0.25, -0.2) is 0 Å². The van der Waals surface area contributed by atoms with Crippen molar-refractivity contribution in [3.05, 3.63) is 0 Å². The van der Waals surface area contributed by atoms with Gasteiger partial charge in [0.1, 0.15) is 0 Å². The summed E-state index contributed by atoms with van der Waals surface area (Å²) in [6.07, 6.45) is 45.3. The summed E-state index contributed by atoms with van der Waals surface area (Å²) in [6.45, 7) is 15.2. The van der Waals surface area contributed by atoms with Crippen LogP contribution in [0, 0.1) is 0 Å². The highest BCUT2D eigenvalue weighted by Gasteiger charge is 2.23. The van der Waals surface area contributed by atoms with E-state index in [9.17, 15) is 0 Å². The highest BCUT2D eigenvalue weighted by atomic mass is 15.3. The molecule has 0 bridgehead atoms. The Morgan fingerprint density at radius 3 is 0.585 bits per heavy atom. The Hall–Kier alpha value is 0.0249. The molecule has 0 N–H and O–H groups in total. The Morgan fingerprint density at radius 2 is 0.415 bits per heavy atom. The number of rotatable bonds is 35. The van der Waals surface area contributed by atoms with Crippen molar-refractivity contribution in [3.8, 4) is 0 Å². The first-order valence-electron chi connectivity index (χ1n) is 19.6. The molecule has 0 saturated carbocycles. The van der Waals surface area contributed by atoms with Gasteiger partial charge in [0.25, 0.3) is 0 Å². The highest BCUT2D eigenvalue weighted by molar-refractivity contribution is 5.75. The van der Waals surface area contributed by atoms with Gasteiger partial charge in [0.05, 0.1) is 34.6 Å². The zero-order valence-corrected chi connectivity index (χ0v) is 29.2. The van der Waals surface area contributed by atoms with Crippen molar-refractivity contribution >= 4 is 8.41 Å². The molecular formula is C39H85BN+. The highest BCUT2D eigenvalue weighted by Crippen LogP contribution is 2.19. The lowest BCUT2D eigenvalue weighted by atomic mass is 10.0. The first kappa shape index (κ1) is 43.2. The average molecular weight is 579 g/mol. The van der Waals surface area contributed by atoms with Gasteiger partial charge in [-0.05, 0) is 45.4 Å². The largest absolute Gasteiger partial charge is 0.324 e. The number of hydrogen-bond acceptors (Lipinski definition) is 0. The van der Waals surface area contributed by atoms with Crippen LogP contribution in [0.15, 0.2) is 0 Å². The molecule has 0 aliphatic heterocycles. The summed E-state index contributed by atoms with van der Waals surface area (Å²) in [7, 11) is 0. The second-order valence-corrected chi connectivity index (χ2v) is 13.7. The summed E-state index contributed by atoms with van der Waals surface area (Å²) >= 11 is 0. The van der Waals surface area contributed by atoms with E-state index in [4.69, 9.17) is 0 Å². The maximum absolute atomic E-state index is 2.50. The van der Waals surface area contributed by atoms with Crippen LogP contribution in [0.25, 0.3) is 0 Å². The van der Waals surface area contributed by atoms with Crippen LogP contribution < -0.4 is 0 Å². The summed E-state index contributed by atoms with van der Waals surface area (Å²) in [4.78, 5) is 0. The lowest BCUT2D eigenvalue weighted by Gasteiger charge is -2.38. The van der Waals surface area contributed by atoms with Crippen LogP contribution in [-0.2, 0) is 0 Å². The summed E-state index contributed by atoms with van der Waals surface area (Å²) in [6, 6.07) is 0. The van der Waals surface area contributed by atoms with Crippen molar-refractivity contribution in [3.63, 3.8) is 0 Å². The predicted octanol–water partition coefficient (Wildman–Crippen LogP) is 12.8. The maximum Gasteiger partial charge on any atom is 0.0814 e. The Balaban J connectivity index is 0. The molecule has 0 aromatic rings. The molecule has 2 heteroatoms. The monoisotopic (exact) mass is 579 g/mol. The lowest BCUT2D eigenvalue weighted by Crippen LogP contribution is -2.50. The third kappa shape index (κ3) is 31.3. The normalized spacial score (nSPS) is 11.7. The van der Waals surface area contributed by atoms with Gasteiger partial charge in [0.2, 0.25) is 0 Å². The summed E-state index contributed by atoms with van der Waals surface area (Å²) < 4.78 is 1.44. The minimum Gasteiger partial charge on any atom is -0.324 e. The van der Waals surface area contributed by atoms with E-state index in [1.807, 2.05) is 0 Å². The first-order chi connectivity index (χ1) is 19.7. The van der Waals surface area contributed by atoms with Gasteiger partial charge >= 0.3 is 0 Å². The van der Waals surface area contributed by atoms with Crippen LogP contribution in [0.2, 0.25) is 0 Å². The molecule has 1 nitrogen and oxygen atoms in total. The fourth-order valence-corrected chi connectivity index (χ4v) is 6.79. The molecule has 0 saturated heterocycles. The van der Waals surface area contributed by atoms with Gasteiger partial charge in [0, 0.05) is 0 Å². The van der Waals surface area contributed by atoms with E-state index < -0.39 is 0 Å². The van der Waals surface area contributed by atoms with E-state index in [0.717, 1.165) is 0 Å². The molecule has 0 spiro atoms. The van der Waals surface area contributed by atoms with E-state index in [1.54, 1.807) is 0 Å². The zero-order valence-electron chi connectivity index (χ0n) is 29.2. The quantitative estimate of drug-likeness (QED) is 0.0398. The molecule has 0 fully saturated rings. The van der Waals surface area contributed by atoms with Crippen molar-refractivity contribution in [2.24, 2.45) is 0 Å². The molecule has 41 heavy (non-hydrogen) atoms. The Bertz CT molecular complexity index is 423. The van der Waals surface area contributed by atoms with E-state index in [0.29, 0.717) is 0 Å². The minimum absolute atomic E-state index is 0. The van der Waals surface area contributed by atoms with Crippen LogP contribution in [0.3, 0.4) is 0 Å². The topological polar surface area (TPSA) is 0 Å². The molecule has 0 unspecified atom stereocenters. The molecule has 248 valence electrons. The van der Waals surface area contributed by atoms with Crippen molar-refractivity contribution in [2.45, 2.75) is 227 Å². The maximum atomic E-state index is 2.50. The molecule has 0 amide bonds. The van der Waals surface area contributed by atoms with Crippen LogP contribution in [0.5, 0.6) is 0 Å². The van der Waals surface area contributed by atoms with Crippen molar-refractivity contribution in [2.75, 3.05) is 26.2 Å². The molecule has 0 heterocycles. The summed E-state index contributed by atoms with van der Waals surface area (Å²) in [5, 5.41) is 0. The molecule has 0 aliphatic carbocycles. The molecular weight excluding hydrogens is 493 g/mol. The standard InChI is InChI=1S/C39H82N.BH3/c1-5-9-12-15-18-20-22-24-26-29-32-35-38-40(8-4,37-34-31-28-17-14-11-7-3)39-36-33-30-27-25-23-21-19-16-13-10-6-2;/h5-39H2,1-4H3;1H3/q+1;. The van der Waals surface area contributed by atoms with Gasteiger partial charge in [-0.2, -0.15) is 0 Å². The van der Waals surface area contributed by atoms with Crippen molar-refractivity contribution in [1.29, 1.82) is 0 Å². The fourth-order valence-electron chi connectivity index (χ4n) is 6.79. The zero-order chi connectivity index (χ0) is 29.2. The van der Waals surface area contributed by atoms with Gasteiger partial charge in [-0.1, -0.05) is 181 Å². The van der Waals surface area contributed by atoms with Gasteiger partial charge in [-0.3, -0.25) is 0 Å². The van der Waals surface area contributed by atoms with Crippen molar-refractivity contribution < 1.29 is 4.48 Å². The fraction of sp³-hybridized carbons (Fsp3) is 1.00. The number of unbranched alkanes of at least 4 members (excludes halogenated alkanes) is 28. The summed E-state index contributed by atoms with van der Waals surface area (Å²) in [5.41, 5.74) is 0. The van der Waals surface area contributed by atoms with Crippen LogP contribution >= 0.6 is 0 Å². The molecule has 0 atom stereocenters. The SMILES string of the molecule is B.CCCCCCCCCCCCCC[N+](CC)(CCCCCCCCC)CCCCCCCCCCCCCC. The predicted molar refractivity (Wildman–Crippen MR) is 195 cm³/mol. The van der Waals surface area contributed by atoms with Crippen LogP contribution in [0.1, 0.15) is 227 Å². The summed E-state index contributed by atoms with van der Waals surface area (Å²) in [5.74, 6) is 0. The third-order valence-corrected chi connectivity index (χ3v) is 9.88. The minimum atomic E-state index is 0. The van der Waals surface area contributed by atoms with E-state index in [-0.39, 0.29) is 8.41 Å². The molecule has 0 aromatic carbocycles. The van der Waals surface area contributed by atoms with Crippen LogP contribution in [0.4, 0.5) is 0 Å². The second kappa shape index (κ2) is 36.2. The number of nitrogens with zero attached hydrogens (tertiary/aromatic N) is 1. The number of hydrogen-bond donors (Lipinski definition) is 0. The molecule has 0 rings (SSSR count). The number of quaternary nitrogens is 1. The van der Waals surface area contributed by atoms with Gasteiger partial charge in [0.15, 0.2) is 0 Å².